The van der Waals surface area contributed by atoms with Crippen LogP contribution < -0.4 is 4.74 Å². The van der Waals surface area contributed by atoms with E-state index in [0.717, 1.165) is 13.3 Å². The summed E-state index contributed by atoms with van der Waals surface area (Å²) in [6.45, 7) is 0. The van der Waals surface area contributed by atoms with Gasteiger partial charge in [0.25, 0.3) is 0 Å². The van der Waals surface area contributed by atoms with Crippen molar-refractivity contribution in [1.29, 1.82) is 0 Å². The van der Waals surface area contributed by atoms with Gasteiger partial charge < -0.3 is 9.47 Å². The standard InChI is InChI=1S/C9H6F3IN2O5/c1-19-6(16)2-5-8(20-9(10,11)12)7(15(17)18)4(13)3-14-5/h3H,2H2,1H3. The molecule has 1 aromatic heterocycles. The van der Waals surface area contributed by atoms with Crippen LogP contribution in [0.25, 0.3) is 0 Å². The van der Waals surface area contributed by atoms with Gasteiger partial charge in [0.1, 0.15) is 9.26 Å². The summed E-state index contributed by atoms with van der Waals surface area (Å²) in [5.41, 5.74) is -1.43. The molecule has 7 nitrogen and oxygen atoms in total. The van der Waals surface area contributed by atoms with Crippen LogP contribution in [0.2, 0.25) is 0 Å². The van der Waals surface area contributed by atoms with E-state index in [2.05, 4.69) is 14.5 Å². The summed E-state index contributed by atoms with van der Waals surface area (Å²) < 4.78 is 44.7. The summed E-state index contributed by atoms with van der Waals surface area (Å²) in [5.74, 6) is -2.01. The number of pyridine rings is 1. The zero-order chi connectivity index (χ0) is 15.5. The molecular formula is C9H6F3IN2O5. The normalized spacial score (nSPS) is 11.1. The smallest absolute Gasteiger partial charge is 0.469 e. The molecule has 0 N–H and O–H groups in total. The Morgan fingerprint density at radius 3 is 2.60 bits per heavy atom. The van der Waals surface area contributed by atoms with Crippen LogP contribution in [0.3, 0.4) is 0 Å². The van der Waals surface area contributed by atoms with Gasteiger partial charge in [-0.05, 0) is 22.6 Å². The number of esters is 1. The van der Waals surface area contributed by atoms with Gasteiger partial charge >= 0.3 is 18.0 Å². The van der Waals surface area contributed by atoms with Crippen molar-refractivity contribution in [3.8, 4) is 5.75 Å². The molecule has 0 saturated heterocycles. The molecule has 0 aromatic carbocycles. The molecule has 0 atom stereocenters. The molecule has 1 rings (SSSR count). The Morgan fingerprint density at radius 1 is 1.55 bits per heavy atom. The number of rotatable bonds is 4. The molecule has 0 aliphatic heterocycles. The second-order valence-electron chi connectivity index (χ2n) is 3.29. The lowest BCUT2D eigenvalue weighted by molar-refractivity contribution is -0.389. The average Bonchev–Trinajstić information content (AvgIpc) is 2.30. The number of ether oxygens (including phenoxy) is 2. The second-order valence-corrected chi connectivity index (χ2v) is 4.45. The topological polar surface area (TPSA) is 91.6 Å². The maximum Gasteiger partial charge on any atom is 0.573 e. The van der Waals surface area contributed by atoms with Gasteiger partial charge in [0.15, 0.2) is 0 Å². The van der Waals surface area contributed by atoms with Crippen LogP contribution in [0.5, 0.6) is 5.75 Å². The summed E-state index contributed by atoms with van der Waals surface area (Å²) in [7, 11) is 1.02. The Balaban J connectivity index is 3.40. The summed E-state index contributed by atoms with van der Waals surface area (Å²) in [5, 5.41) is 10.8. The Kier molecular flexibility index (Phi) is 5.08. The maximum absolute atomic E-state index is 12.3. The van der Waals surface area contributed by atoms with E-state index in [1.54, 1.807) is 0 Å². The first-order chi connectivity index (χ1) is 9.15. The summed E-state index contributed by atoms with van der Waals surface area (Å²) in [6.07, 6.45) is -4.86. The molecule has 0 bridgehead atoms. The SMILES string of the molecule is COC(=O)Cc1ncc(I)c([N+](=O)[O-])c1OC(F)(F)F. The summed E-state index contributed by atoms with van der Waals surface area (Å²) in [4.78, 5) is 24.5. The number of methoxy groups -OCH3 is 1. The highest BCUT2D eigenvalue weighted by Gasteiger charge is 2.38. The first kappa shape index (κ1) is 16.4. The second kappa shape index (κ2) is 6.19. The van der Waals surface area contributed by atoms with E-state index >= 15 is 0 Å². The monoisotopic (exact) mass is 406 g/mol. The predicted molar refractivity (Wildman–Crippen MR) is 66.0 cm³/mol. The third-order valence-electron chi connectivity index (χ3n) is 1.98. The Hall–Kier alpha value is -1.66. The van der Waals surface area contributed by atoms with Crippen LogP contribution in [0.15, 0.2) is 6.20 Å². The molecule has 110 valence electrons. The predicted octanol–water partition coefficient (Wildman–Crippen LogP) is 2.21. The van der Waals surface area contributed by atoms with Gasteiger partial charge in [-0.25, -0.2) is 0 Å². The number of hydrogen-bond donors (Lipinski definition) is 0. The molecule has 0 amide bonds. The van der Waals surface area contributed by atoms with Gasteiger partial charge in [0, 0.05) is 6.20 Å². The molecule has 0 unspecified atom stereocenters. The molecule has 1 aromatic rings. The van der Waals surface area contributed by atoms with E-state index in [-0.39, 0.29) is 3.57 Å². The lowest BCUT2D eigenvalue weighted by atomic mass is 10.2. The number of nitro groups is 1. The van der Waals surface area contributed by atoms with Gasteiger partial charge in [-0.2, -0.15) is 0 Å². The van der Waals surface area contributed by atoms with Gasteiger partial charge in [-0.1, -0.05) is 0 Å². The zero-order valence-electron chi connectivity index (χ0n) is 9.73. The number of hydrogen-bond acceptors (Lipinski definition) is 6. The van der Waals surface area contributed by atoms with E-state index in [4.69, 9.17) is 0 Å². The van der Waals surface area contributed by atoms with Crippen molar-refractivity contribution in [1.82, 2.24) is 4.98 Å². The van der Waals surface area contributed by atoms with Crippen LogP contribution in [-0.4, -0.2) is 29.3 Å². The Bertz CT molecular complexity index is 549. The lowest BCUT2D eigenvalue weighted by Crippen LogP contribution is -2.21. The van der Waals surface area contributed by atoms with E-state index < -0.39 is 40.8 Å². The van der Waals surface area contributed by atoms with Gasteiger partial charge in [-0.15, -0.1) is 13.2 Å². The Morgan fingerprint density at radius 2 is 2.15 bits per heavy atom. The quantitative estimate of drug-likeness (QED) is 0.330. The summed E-state index contributed by atoms with van der Waals surface area (Å²) in [6, 6.07) is 0. The highest BCUT2D eigenvalue weighted by molar-refractivity contribution is 14.1. The molecule has 0 radical (unpaired) electrons. The zero-order valence-corrected chi connectivity index (χ0v) is 11.9. The minimum absolute atomic E-state index is 0.152. The van der Waals surface area contributed by atoms with Crippen molar-refractivity contribution in [2.24, 2.45) is 0 Å². The molecule has 0 spiro atoms. The fourth-order valence-corrected chi connectivity index (χ4v) is 1.81. The molecular weight excluding hydrogens is 400 g/mol. The van der Waals surface area contributed by atoms with Crippen LogP contribution in [0.1, 0.15) is 5.69 Å². The first-order valence-corrected chi connectivity index (χ1v) is 5.88. The van der Waals surface area contributed by atoms with Crippen molar-refractivity contribution >= 4 is 34.2 Å². The van der Waals surface area contributed by atoms with Crippen LogP contribution >= 0.6 is 22.6 Å². The van der Waals surface area contributed by atoms with E-state index in [1.165, 1.54) is 22.6 Å². The molecule has 0 fully saturated rings. The largest absolute Gasteiger partial charge is 0.573 e. The van der Waals surface area contributed by atoms with Gasteiger partial charge in [0.05, 0.1) is 18.5 Å². The molecule has 1 heterocycles. The minimum Gasteiger partial charge on any atom is -0.469 e. The number of carbonyl (C=O) groups is 1. The number of aromatic nitrogens is 1. The van der Waals surface area contributed by atoms with Crippen LogP contribution in [-0.2, 0) is 16.0 Å². The third-order valence-corrected chi connectivity index (χ3v) is 2.77. The van der Waals surface area contributed by atoms with Crippen molar-refractivity contribution in [2.75, 3.05) is 7.11 Å². The number of nitrogens with zero attached hydrogens (tertiary/aromatic N) is 2. The fraction of sp³-hybridized carbons (Fsp3) is 0.333. The fourth-order valence-electron chi connectivity index (χ4n) is 1.23. The molecule has 0 saturated carbocycles. The van der Waals surface area contributed by atoms with E-state index in [0.29, 0.717) is 0 Å². The summed E-state index contributed by atoms with van der Waals surface area (Å²) >= 11 is 1.44. The maximum atomic E-state index is 12.3. The first-order valence-electron chi connectivity index (χ1n) is 4.80. The lowest BCUT2D eigenvalue weighted by Gasteiger charge is -2.12. The molecule has 0 aliphatic rings. The number of carbonyl (C=O) groups excluding carboxylic acids is 1. The van der Waals surface area contributed by atoms with Crippen molar-refractivity contribution in [3.05, 3.63) is 25.6 Å². The Labute approximate surface area is 123 Å². The van der Waals surface area contributed by atoms with Crippen LogP contribution in [0.4, 0.5) is 18.9 Å². The number of alkyl halides is 3. The van der Waals surface area contributed by atoms with E-state index in [1.807, 2.05) is 0 Å². The minimum atomic E-state index is -5.15. The van der Waals surface area contributed by atoms with Gasteiger partial charge in [-0.3, -0.25) is 19.9 Å². The van der Waals surface area contributed by atoms with Crippen LogP contribution in [0, 0.1) is 13.7 Å². The van der Waals surface area contributed by atoms with Crippen molar-refractivity contribution < 1.29 is 32.4 Å². The van der Waals surface area contributed by atoms with Crippen molar-refractivity contribution in [2.45, 2.75) is 12.8 Å². The molecule has 0 aliphatic carbocycles. The van der Waals surface area contributed by atoms with E-state index in [9.17, 15) is 28.1 Å². The van der Waals surface area contributed by atoms with Crippen molar-refractivity contribution in [3.63, 3.8) is 0 Å². The molecule has 11 heteroatoms. The highest BCUT2D eigenvalue weighted by atomic mass is 127. The van der Waals surface area contributed by atoms with Gasteiger partial charge in [0.2, 0.25) is 5.75 Å². The third kappa shape index (κ3) is 4.18. The highest BCUT2D eigenvalue weighted by Crippen LogP contribution is 2.37. The molecule has 20 heavy (non-hydrogen) atoms. The number of halogens is 4. The average molecular weight is 406 g/mol.